The molecule has 0 atom stereocenters. The van der Waals surface area contributed by atoms with Crippen molar-refractivity contribution in [1.82, 2.24) is 0 Å². The van der Waals surface area contributed by atoms with Gasteiger partial charge < -0.3 is 5.73 Å². The van der Waals surface area contributed by atoms with Crippen LogP contribution in [0.5, 0.6) is 0 Å². The third-order valence-electron chi connectivity index (χ3n) is 3.17. The van der Waals surface area contributed by atoms with E-state index in [1.54, 1.807) is 31.2 Å². The summed E-state index contributed by atoms with van der Waals surface area (Å²) in [4.78, 5) is 0.267. The van der Waals surface area contributed by atoms with Crippen molar-refractivity contribution in [3.05, 3.63) is 59.2 Å². The average molecular weight is 290 g/mol. The molecule has 0 fully saturated rings. The number of hydrogen-bond acceptors (Lipinski definition) is 3. The molecule has 106 valence electrons. The monoisotopic (exact) mass is 290 g/mol. The van der Waals surface area contributed by atoms with Gasteiger partial charge in [-0.25, -0.2) is 8.42 Å². The zero-order valence-corrected chi connectivity index (χ0v) is 12.4. The Morgan fingerprint density at radius 2 is 1.75 bits per heavy atom. The Morgan fingerprint density at radius 3 is 2.40 bits per heavy atom. The van der Waals surface area contributed by atoms with Gasteiger partial charge in [0.1, 0.15) is 0 Å². The first-order valence-corrected chi connectivity index (χ1v) is 7.80. The topological polar surface area (TPSA) is 72.2 Å². The Morgan fingerprint density at radius 1 is 1.05 bits per heavy atom. The summed E-state index contributed by atoms with van der Waals surface area (Å²) < 4.78 is 27.6. The normalized spacial score (nSPS) is 11.3. The molecule has 0 aliphatic rings. The molecule has 0 aliphatic carbocycles. The summed E-state index contributed by atoms with van der Waals surface area (Å²) in [6.45, 7) is 3.95. The Labute approximate surface area is 119 Å². The summed E-state index contributed by atoms with van der Waals surface area (Å²) in [5.41, 5.74) is 8.53. The van der Waals surface area contributed by atoms with E-state index in [4.69, 9.17) is 5.73 Å². The van der Waals surface area contributed by atoms with Crippen LogP contribution in [-0.4, -0.2) is 8.42 Å². The first kappa shape index (κ1) is 14.6. The van der Waals surface area contributed by atoms with Crippen molar-refractivity contribution >= 4 is 15.7 Å². The lowest BCUT2D eigenvalue weighted by molar-refractivity contribution is 0.600. The van der Waals surface area contributed by atoms with E-state index in [9.17, 15) is 8.42 Å². The van der Waals surface area contributed by atoms with Crippen LogP contribution in [0.3, 0.4) is 0 Å². The molecule has 3 N–H and O–H groups in total. The van der Waals surface area contributed by atoms with Crippen LogP contribution in [0.4, 0.5) is 5.69 Å². The van der Waals surface area contributed by atoms with E-state index in [0.29, 0.717) is 17.8 Å². The number of aryl methyl sites for hydroxylation is 2. The van der Waals surface area contributed by atoms with Gasteiger partial charge in [-0.2, -0.15) is 0 Å². The van der Waals surface area contributed by atoms with Gasteiger partial charge >= 0.3 is 0 Å². The molecule has 0 amide bonds. The molecule has 0 aliphatic heterocycles. The first-order valence-electron chi connectivity index (χ1n) is 6.32. The number of rotatable bonds is 4. The maximum atomic E-state index is 12.5. The van der Waals surface area contributed by atoms with Crippen molar-refractivity contribution < 1.29 is 8.42 Å². The van der Waals surface area contributed by atoms with Crippen LogP contribution in [0.25, 0.3) is 0 Å². The van der Waals surface area contributed by atoms with Gasteiger partial charge in [-0.15, -0.1) is 0 Å². The number of sulfonamides is 1. The van der Waals surface area contributed by atoms with Crippen LogP contribution >= 0.6 is 0 Å². The molecule has 0 aromatic heterocycles. The molecule has 0 heterocycles. The standard InChI is InChI=1S/C15H18N2O2S/c1-11-5-3-4-6-14(11)17-20(18,19)15-9-13(10-16)8-7-12(15)2/h3-9,17H,10,16H2,1-2H3. The highest BCUT2D eigenvalue weighted by Crippen LogP contribution is 2.22. The molecule has 0 saturated carbocycles. The van der Waals surface area contributed by atoms with E-state index in [1.165, 1.54) is 0 Å². The predicted molar refractivity (Wildman–Crippen MR) is 81.1 cm³/mol. The molecule has 0 radical (unpaired) electrons. The lowest BCUT2D eigenvalue weighted by Crippen LogP contribution is -2.15. The Balaban J connectivity index is 2.43. The maximum Gasteiger partial charge on any atom is 0.262 e. The largest absolute Gasteiger partial charge is 0.326 e. The summed E-state index contributed by atoms with van der Waals surface area (Å²) in [6.07, 6.45) is 0. The molecule has 0 saturated heterocycles. The number of para-hydroxylation sites is 1. The van der Waals surface area contributed by atoms with Crippen LogP contribution in [0.2, 0.25) is 0 Å². The second kappa shape index (κ2) is 5.64. The third kappa shape index (κ3) is 3.00. The van der Waals surface area contributed by atoms with E-state index >= 15 is 0 Å². The molecule has 2 aromatic rings. The second-order valence-corrected chi connectivity index (χ2v) is 6.38. The van der Waals surface area contributed by atoms with E-state index in [-0.39, 0.29) is 4.90 Å². The number of hydrogen-bond donors (Lipinski definition) is 2. The van der Waals surface area contributed by atoms with Crippen molar-refractivity contribution in [2.24, 2.45) is 5.73 Å². The number of nitrogens with two attached hydrogens (primary N) is 1. The molecule has 5 heteroatoms. The zero-order chi connectivity index (χ0) is 14.8. The Hall–Kier alpha value is -1.85. The summed E-state index contributed by atoms with van der Waals surface area (Å²) in [7, 11) is -3.60. The lowest BCUT2D eigenvalue weighted by atomic mass is 10.1. The van der Waals surface area contributed by atoms with Crippen molar-refractivity contribution in [2.45, 2.75) is 25.3 Å². The quantitative estimate of drug-likeness (QED) is 0.909. The molecule has 0 unspecified atom stereocenters. The van der Waals surface area contributed by atoms with Crippen LogP contribution in [0, 0.1) is 13.8 Å². The number of benzene rings is 2. The fourth-order valence-electron chi connectivity index (χ4n) is 1.95. The summed E-state index contributed by atoms with van der Waals surface area (Å²) in [5, 5.41) is 0. The van der Waals surface area contributed by atoms with Crippen molar-refractivity contribution in [2.75, 3.05) is 4.72 Å². The van der Waals surface area contributed by atoms with E-state index in [1.807, 2.05) is 25.1 Å². The second-order valence-electron chi connectivity index (χ2n) is 4.72. The van der Waals surface area contributed by atoms with Crippen molar-refractivity contribution in [3.8, 4) is 0 Å². The third-order valence-corrected chi connectivity index (χ3v) is 4.67. The van der Waals surface area contributed by atoms with Gasteiger partial charge in [-0.1, -0.05) is 30.3 Å². The molecule has 2 aromatic carbocycles. The van der Waals surface area contributed by atoms with Gasteiger partial charge in [-0.05, 0) is 42.7 Å². The average Bonchev–Trinajstić information content (AvgIpc) is 2.41. The summed E-state index contributed by atoms with van der Waals surface area (Å²) >= 11 is 0. The minimum Gasteiger partial charge on any atom is -0.326 e. The van der Waals surface area contributed by atoms with Crippen molar-refractivity contribution in [1.29, 1.82) is 0 Å². The molecule has 2 rings (SSSR count). The van der Waals surface area contributed by atoms with Crippen LogP contribution < -0.4 is 10.5 Å². The zero-order valence-electron chi connectivity index (χ0n) is 11.6. The lowest BCUT2D eigenvalue weighted by Gasteiger charge is -2.13. The fourth-order valence-corrected chi connectivity index (χ4v) is 3.38. The highest BCUT2D eigenvalue weighted by molar-refractivity contribution is 7.92. The van der Waals surface area contributed by atoms with Crippen molar-refractivity contribution in [3.63, 3.8) is 0 Å². The Kier molecular flexibility index (Phi) is 4.11. The molecule has 0 bridgehead atoms. The van der Waals surface area contributed by atoms with Gasteiger partial charge in [-0.3, -0.25) is 4.72 Å². The van der Waals surface area contributed by atoms with Crippen LogP contribution in [-0.2, 0) is 16.6 Å². The van der Waals surface area contributed by atoms with E-state index < -0.39 is 10.0 Å². The number of anilines is 1. The van der Waals surface area contributed by atoms with Crippen LogP contribution in [0.15, 0.2) is 47.4 Å². The highest BCUT2D eigenvalue weighted by atomic mass is 32.2. The van der Waals surface area contributed by atoms with E-state index in [0.717, 1.165) is 11.1 Å². The van der Waals surface area contributed by atoms with Gasteiger partial charge in [0, 0.05) is 6.54 Å². The van der Waals surface area contributed by atoms with Gasteiger partial charge in [0.05, 0.1) is 10.6 Å². The van der Waals surface area contributed by atoms with Crippen LogP contribution in [0.1, 0.15) is 16.7 Å². The SMILES string of the molecule is Cc1ccccc1NS(=O)(=O)c1cc(CN)ccc1C. The summed E-state index contributed by atoms with van der Waals surface area (Å²) in [5.74, 6) is 0. The molecule has 4 nitrogen and oxygen atoms in total. The molecule has 20 heavy (non-hydrogen) atoms. The highest BCUT2D eigenvalue weighted by Gasteiger charge is 2.18. The maximum absolute atomic E-state index is 12.5. The number of nitrogens with one attached hydrogen (secondary N) is 1. The van der Waals surface area contributed by atoms with Gasteiger partial charge in [0.15, 0.2) is 0 Å². The minimum absolute atomic E-state index is 0.267. The van der Waals surface area contributed by atoms with E-state index in [2.05, 4.69) is 4.72 Å². The minimum atomic E-state index is -3.60. The molecular formula is C15H18N2O2S. The van der Waals surface area contributed by atoms with Gasteiger partial charge in [0.2, 0.25) is 0 Å². The Bertz CT molecular complexity index is 724. The smallest absolute Gasteiger partial charge is 0.262 e. The molecular weight excluding hydrogens is 272 g/mol. The molecule has 0 spiro atoms. The predicted octanol–water partition coefficient (Wildman–Crippen LogP) is 2.56. The summed E-state index contributed by atoms with van der Waals surface area (Å²) in [6, 6.07) is 12.5. The van der Waals surface area contributed by atoms with Gasteiger partial charge in [0.25, 0.3) is 10.0 Å². The fraction of sp³-hybridized carbons (Fsp3) is 0.200. The first-order chi connectivity index (χ1) is 9.44.